The van der Waals surface area contributed by atoms with Gasteiger partial charge in [-0.2, -0.15) is 0 Å². The van der Waals surface area contributed by atoms with Crippen LogP contribution in [0.4, 0.5) is 0 Å². The van der Waals surface area contributed by atoms with E-state index in [-0.39, 0.29) is 0 Å². The van der Waals surface area contributed by atoms with Gasteiger partial charge in [0.05, 0.1) is 0 Å². The highest BCUT2D eigenvalue weighted by molar-refractivity contribution is 6.31. The molecule has 0 aliphatic heterocycles. The van der Waals surface area contributed by atoms with Gasteiger partial charge in [-0.05, 0) is 37.1 Å². The minimum atomic E-state index is 0.703. The molecular weight excluding hydrogens is 284 g/mol. The van der Waals surface area contributed by atoms with Gasteiger partial charge >= 0.3 is 0 Å². The molecule has 0 spiro atoms. The van der Waals surface area contributed by atoms with E-state index in [0.717, 1.165) is 29.5 Å². The SMILES string of the molecule is C=CCNC(=NCCc1c[nH]c2ccc(Cl)cc12)NCC. The van der Waals surface area contributed by atoms with Gasteiger partial charge in [0.25, 0.3) is 0 Å². The summed E-state index contributed by atoms with van der Waals surface area (Å²) in [5.74, 6) is 0.815. The number of guanidine groups is 1. The van der Waals surface area contributed by atoms with E-state index < -0.39 is 0 Å². The first-order valence-corrected chi connectivity index (χ1v) is 7.51. The summed E-state index contributed by atoms with van der Waals surface area (Å²) in [7, 11) is 0. The zero-order valence-electron chi connectivity index (χ0n) is 12.2. The number of rotatable bonds is 6. The van der Waals surface area contributed by atoms with Crippen molar-refractivity contribution in [2.24, 2.45) is 4.99 Å². The quantitative estimate of drug-likeness (QED) is 0.436. The number of nitrogens with zero attached hydrogens (tertiary/aromatic N) is 1. The van der Waals surface area contributed by atoms with Crippen LogP contribution in [0.3, 0.4) is 0 Å². The number of hydrogen-bond acceptors (Lipinski definition) is 1. The van der Waals surface area contributed by atoms with Gasteiger partial charge in [-0.1, -0.05) is 17.7 Å². The first kappa shape index (κ1) is 15.4. The van der Waals surface area contributed by atoms with Crippen LogP contribution in [0, 0.1) is 0 Å². The normalized spacial score (nSPS) is 11.6. The van der Waals surface area contributed by atoms with E-state index >= 15 is 0 Å². The first-order chi connectivity index (χ1) is 10.2. The maximum atomic E-state index is 6.06. The Morgan fingerprint density at radius 1 is 1.43 bits per heavy atom. The van der Waals surface area contributed by atoms with Crippen LogP contribution in [0.1, 0.15) is 12.5 Å². The summed E-state index contributed by atoms with van der Waals surface area (Å²) in [5, 5.41) is 8.32. The summed E-state index contributed by atoms with van der Waals surface area (Å²) in [6.07, 6.45) is 4.71. The van der Waals surface area contributed by atoms with Crippen molar-refractivity contribution >= 4 is 28.5 Å². The Hall–Kier alpha value is -1.94. The van der Waals surface area contributed by atoms with Gasteiger partial charge < -0.3 is 15.6 Å². The number of aromatic amines is 1. The van der Waals surface area contributed by atoms with Crippen LogP contribution in [-0.2, 0) is 6.42 Å². The molecule has 0 radical (unpaired) electrons. The number of halogens is 1. The van der Waals surface area contributed by atoms with E-state index in [1.165, 1.54) is 10.9 Å². The Balaban J connectivity index is 2.02. The molecule has 0 amide bonds. The summed E-state index contributed by atoms with van der Waals surface area (Å²) < 4.78 is 0. The number of H-pyrrole nitrogens is 1. The van der Waals surface area contributed by atoms with Crippen molar-refractivity contribution in [2.75, 3.05) is 19.6 Å². The third-order valence-electron chi connectivity index (χ3n) is 3.14. The van der Waals surface area contributed by atoms with Gasteiger partial charge in [0, 0.05) is 41.8 Å². The average molecular weight is 305 g/mol. The number of aliphatic imine (C=N–C) groups is 1. The molecule has 4 nitrogen and oxygen atoms in total. The summed E-state index contributed by atoms with van der Waals surface area (Å²) in [4.78, 5) is 7.82. The molecule has 2 rings (SSSR count). The van der Waals surface area contributed by atoms with E-state index in [0.29, 0.717) is 13.1 Å². The molecule has 1 heterocycles. The maximum Gasteiger partial charge on any atom is 0.191 e. The minimum absolute atomic E-state index is 0.703. The fourth-order valence-electron chi connectivity index (χ4n) is 2.16. The predicted octanol–water partition coefficient (Wildman–Crippen LogP) is 3.10. The molecule has 3 N–H and O–H groups in total. The lowest BCUT2D eigenvalue weighted by molar-refractivity contribution is 0.852. The molecular formula is C16H21ClN4. The highest BCUT2D eigenvalue weighted by Gasteiger charge is 2.04. The fourth-order valence-corrected chi connectivity index (χ4v) is 2.33. The zero-order valence-corrected chi connectivity index (χ0v) is 13.0. The van der Waals surface area contributed by atoms with E-state index in [1.807, 2.05) is 37.4 Å². The molecule has 0 aliphatic carbocycles. The Morgan fingerprint density at radius 2 is 2.29 bits per heavy atom. The van der Waals surface area contributed by atoms with Gasteiger partial charge in [-0.15, -0.1) is 6.58 Å². The van der Waals surface area contributed by atoms with Gasteiger partial charge in [0.1, 0.15) is 0 Å². The molecule has 0 aliphatic rings. The molecule has 0 fully saturated rings. The number of hydrogen-bond donors (Lipinski definition) is 3. The lowest BCUT2D eigenvalue weighted by atomic mass is 10.1. The Labute approximate surface area is 130 Å². The van der Waals surface area contributed by atoms with Crippen molar-refractivity contribution in [1.29, 1.82) is 0 Å². The maximum absolute atomic E-state index is 6.06. The molecule has 0 atom stereocenters. The Morgan fingerprint density at radius 3 is 3.05 bits per heavy atom. The minimum Gasteiger partial charge on any atom is -0.361 e. The van der Waals surface area contributed by atoms with Gasteiger partial charge in [-0.3, -0.25) is 4.99 Å². The molecule has 0 saturated heterocycles. The fraction of sp³-hybridized carbons (Fsp3) is 0.312. The highest BCUT2D eigenvalue weighted by atomic mass is 35.5. The van der Waals surface area contributed by atoms with Gasteiger partial charge in [0.15, 0.2) is 5.96 Å². The van der Waals surface area contributed by atoms with Crippen LogP contribution >= 0.6 is 11.6 Å². The van der Waals surface area contributed by atoms with Crippen molar-refractivity contribution < 1.29 is 0 Å². The third-order valence-corrected chi connectivity index (χ3v) is 3.37. The van der Waals surface area contributed by atoms with Crippen molar-refractivity contribution in [1.82, 2.24) is 15.6 Å². The molecule has 1 aromatic carbocycles. The lowest BCUT2D eigenvalue weighted by Crippen LogP contribution is -2.37. The van der Waals surface area contributed by atoms with Crippen molar-refractivity contribution in [3.8, 4) is 0 Å². The smallest absolute Gasteiger partial charge is 0.191 e. The second kappa shape index (κ2) is 7.74. The average Bonchev–Trinajstić information content (AvgIpc) is 2.87. The second-order valence-electron chi connectivity index (χ2n) is 4.68. The molecule has 112 valence electrons. The predicted molar refractivity (Wildman–Crippen MR) is 91.2 cm³/mol. The number of fused-ring (bicyclic) bond motifs is 1. The Bertz CT molecular complexity index is 630. The number of nitrogens with one attached hydrogen (secondary N) is 3. The summed E-state index contributed by atoms with van der Waals surface area (Å²) >= 11 is 6.06. The van der Waals surface area contributed by atoms with E-state index in [1.54, 1.807) is 0 Å². The first-order valence-electron chi connectivity index (χ1n) is 7.13. The monoisotopic (exact) mass is 304 g/mol. The largest absolute Gasteiger partial charge is 0.361 e. The second-order valence-corrected chi connectivity index (χ2v) is 5.12. The van der Waals surface area contributed by atoms with Gasteiger partial charge in [0.2, 0.25) is 0 Å². The number of benzene rings is 1. The van der Waals surface area contributed by atoms with Crippen molar-refractivity contribution in [3.63, 3.8) is 0 Å². The van der Waals surface area contributed by atoms with Crippen molar-refractivity contribution in [2.45, 2.75) is 13.3 Å². The van der Waals surface area contributed by atoms with E-state index in [4.69, 9.17) is 11.6 Å². The summed E-state index contributed by atoms with van der Waals surface area (Å²) in [5.41, 5.74) is 2.34. The summed E-state index contributed by atoms with van der Waals surface area (Å²) in [6.45, 7) is 8.00. The molecule has 0 bridgehead atoms. The van der Waals surface area contributed by atoms with Gasteiger partial charge in [-0.25, -0.2) is 0 Å². The van der Waals surface area contributed by atoms with Crippen molar-refractivity contribution in [3.05, 3.63) is 47.6 Å². The topological polar surface area (TPSA) is 52.2 Å². The lowest BCUT2D eigenvalue weighted by Gasteiger charge is -2.09. The molecule has 21 heavy (non-hydrogen) atoms. The zero-order chi connectivity index (χ0) is 15.1. The highest BCUT2D eigenvalue weighted by Crippen LogP contribution is 2.22. The van der Waals surface area contributed by atoms with Crippen LogP contribution in [0.25, 0.3) is 10.9 Å². The third kappa shape index (κ3) is 4.26. The summed E-state index contributed by atoms with van der Waals surface area (Å²) in [6, 6.07) is 5.89. The van der Waals surface area contributed by atoms with Crippen LogP contribution in [0.5, 0.6) is 0 Å². The molecule has 1 aromatic heterocycles. The van der Waals surface area contributed by atoms with Crippen LogP contribution in [0.15, 0.2) is 42.0 Å². The standard InChI is InChI=1S/C16H21ClN4/c1-3-8-19-16(18-4-2)20-9-7-12-11-21-15-6-5-13(17)10-14(12)15/h3,5-6,10-11,21H,1,4,7-9H2,2H3,(H2,18,19,20). The molecule has 0 unspecified atom stereocenters. The van der Waals surface area contributed by atoms with E-state index in [2.05, 4.69) is 27.2 Å². The molecule has 2 aromatic rings. The molecule has 0 saturated carbocycles. The van der Waals surface area contributed by atoms with Crippen LogP contribution in [-0.4, -0.2) is 30.6 Å². The molecule has 5 heteroatoms. The Kier molecular flexibility index (Phi) is 5.69. The van der Waals surface area contributed by atoms with Crippen LogP contribution in [0.2, 0.25) is 5.02 Å². The number of aromatic nitrogens is 1. The van der Waals surface area contributed by atoms with E-state index in [9.17, 15) is 0 Å². The van der Waals surface area contributed by atoms with Crippen LogP contribution < -0.4 is 10.6 Å².